The fourth-order valence-electron chi connectivity index (χ4n) is 3.92. The van der Waals surface area contributed by atoms with Crippen LogP contribution in [-0.2, 0) is 20.6 Å². The van der Waals surface area contributed by atoms with E-state index in [9.17, 15) is 9.59 Å². The van der Waals surface area contributed by atoms with E-state index in [-0.39, 0.29) is 17.3 Å². The number of nitrogens with zero attached hydrogens (tertiary/aromatic N) is 3. The number of nitrogens with two attached hydrogens (primary N) is 1. The van der Waals surface area contributed by atoms with Crippen LogP contribution in [-0.4, -0.2) is 55.5 Å². The molecule has 0 bridgehead atoms. The van der Waals surface area contributed by atoms with Gasteiger partial charge in [0.2, 0.25) is 14.2 Å². The first-order chi connectivity index (χ1) is 15.8. The van der Waals surface area contributed by atoms with Gasteiger partial charge in [0.05, 0.1) is 4.70 Å². The van der Waals surface area contributed by atoms with Crippen molar-refractivity contribution in [1.29, 1.82) is 0 Å². The summed E-state index contributed by atoms with van der Waals surface area (Å²) >= 11 is 3.16. The number of thioether (sulfide) groups is 1. The summed E-state index contributed by atoms with van der Waals surface area (Å²) in [5, 5.41) is 0.474. The van der Waals surface area contributed by atoms with Crippen LogP contribution in [0.15, 0.2) is 41.9 Å². The van der Waals surface area contributed by atoms with Crippen LogP contribution in [0.4, 0.5) is 5.13 Å². The second-order valence-electron chi connectivity index (χ2n) is 10.5. The second-order valence-corrected chi connectivity index (χ2v) is 21.9. The Morgan fingerprint density at radius 1 is 1.35 bits per heavy atom. The Kier molecular flexibility index (Phi) is 6.81. The van der Waals surface area contributed by atoms with E-state index in [0.717, 1.165) is 15.8 Å². The Morgan fingerprint density at radius 2 is 2.09 bits per heavy atom. The number of allylic oxidation sites excluding steroid dienone is 2. The highest BCUT2D eigenvalue weighted by Gasteiger charge is 2.54. The molecule has 1 saturated heterocycles. The standard InChI is InChI=1S/C22H32N5O3S2Si2/c1-33(2,3)25-17-19(28)27-18(21(29)30-34(4,5)6)14(13-31-20(17)27)8-7-10-26-11-9-16-15(12-26)24-22(23)32-16/h7-9,11-12,17,20,25H,10,13H2,1-6H3,(H2,23,24)/q+1/t17-,20+/m1/s1. The maximum atomic E-state index is 13.2. The van der Waals surface area contributed by atoms with Gasteiger partial charge in [0, 0.05) is 11.8 Å². The third-order valence-electron chi connectivity index (χ3n) is 5.22. The third kappa shape index (κ3) is 5.46. The van der Waals surface area contributed by atoms with Crippen molar-refractivity contribution in [3.05, 3.63) is 41.9 Å². The molecule has 182 valence electrons. The summed E-state index contributed by atoms with van der Waals surface area (Å²) in [4.78, 5) is 35.9. The van der Waals surface area contributed by atoms with Gasteiger partial charge in [-0.15, -0.1) is 11.8 Å². The lowest BCUT2D eigenvalue weighted by Gasteiger charge is -2.51. The van der Waals surface area contributed by atoms with Crippen molar-refractivity contribution in [3.8, 4) is 0 Å². The number of β-lactam (4-membered cyclic amide) rings is 1. The summed E-state index contributed by atoms with van der Waals surface area (Å²) in [6, 6.07) is 1.75. The Morgan fingerprint density at radius 3 is 2.76 bits per heavy atom. The smallest absolute Gasteiger partial charge is 0.342 e. The molecule has 4 heterocycles. The Labute approximate surface area is 210 Å². The largest absolute Gasteiger partial charge is 0.515 e. The van der Waals surface area contributed by atoms with E-state index in [1.807, 2.05) is 54.8 Å². The molecule has 0 spiro atoms. The molecule has 0 saturated carbocycles. The molecular weight excluding hydrogens is 503 g/mol. The molecule has 1 amide bonds. The normalized spacial score (nSPS) is 21.2. The molecule has 2 aromatic heterocycles. The molecule has 4 rings (SSSR count). The number of thiazole rings is 1. The number of carbonyl (C=O) groups is 2. The number of rotatable bonds is 7. The number of hydrogen-bond donors (Lipinski definition) is 2. The summed E-state index contributed by atoms with van der Waals surface area (Å²) < 4.78 is 8.89. The molecule has 12 heteroatoms. The highest BCUT2D eigenvalue weighted by Crippen LogP contribution is 2.41. The average molecular weight is 535 g/mol. The number of hydrogen-bond acceptors (Lipinski definition) is 8. The molecule has 2 aromatic rings. The molecule has 0 unspecified atom stereocenters. The van der Waals surface area contributed by atoms with Gasteiger partial charge < -0.3 is 15.1 Å². The summed E-state index contributed by atoms with van der Waals surface area (Å²) in [5.41, 5.74) is 7.89. The maximum Gasteiger partial charge on any atom is 0.342 e. The number of amides is 1. The summed E-state index contributed by atoms with van der Waals surface area (Å²) in [5.74, 6) is 0.210. The van der Waals surface area contributed by atoms with Gasteiger partial charge in [-0.3, -0.25) is 9.69 Å². The van der Waals surface area contributed by atoms with E-state index in [0.29, 0.717) is 23.1 Å². The summed E-state index contributed by atoms with van der Waals surface area (Å²) in [6.07, 6.45) is 7.89. The van der Waals surface area contributed by atoms with Gasteiger partial charge in [-0.1, -0.05) is 37.1 Å². The topological polar surface area (TPSA) is 101 Å². The lowest BCUT2D eigenvalue weighted by Crippen LogP contribution is -2.73. The van der Waals surface area contributed by atoms with Crippen molar-refractivity contribution in [2.45, 2.75) is 57.2 Å². The van der Waals surface area contributed by atoms with Crippen molar-refractivity contribution in [2.24, 2.45) is 0 Å². The van der Waals surface area contributed by atoms with Gasteiger partial charge >= 0.3 is 5.97 Å². The van der Waals surface area contributed by atoms with E-state index in [1.54, 1.807) is 16.7 Å². The lowest BCUT2D eigenvalue weighted by atomic mass is 10.0. The Hall–Kier alpha value is -2.00. The minimum Gasteiger partial charge on any atom is -0.515 e. The highest BCUT2D eigenvalue weighted by atomic mass is 32.2. The van der Waals surface area contributed by atoms with E-state index in [2.05, 4.69) is 29.6 Å². The molecule has 8 nitrogen and oxygen atoms in total. The van der Waals surface area contributed by atoms with Crippen molar-refractivity contribution < 1.29 is 18.6 Å². The zero-order valence-electron chi connectivity index (χ0n) is 20.4. The molecule has 2 aliphatic heterocycles. The quantitative estimate of drug-likeness (QED) is 0.320. The number of nitrogens with one attached hydrogen (secondary N) is 1. The summed E-state index contributed by atoms with van der Waals surface area (Å²) in [6.45, 7) is 13.1. The van der Waals surface area contributed by atoms with Crippen LogP contribution in [0.5, 0.6) is 0 Å². The monoisotopic (exact) mass is 534 g/mol. The molecule has 0 aliphatic carbocycles. The number of aromatic nitrogens is 2. The van der Waals surface area contributed by atoms with Crippen molar-refractivity contribution in [1.82, 2.24) is 14.9 Å². The van der Waals surface area contributed by atoms with Crippen LogP contribution >= 0.6 is 23.1 Å². The Bertz CT molecular complexity index is 1200. The highest BCUT2D eigenvalue weighted by molar-refractivity contribution is 8.00. The molecule has 1 fully saturated rings. The van der Waals surface area contributed by atoms with E-state index < -0.39 is 22.5 Å². The fourth-order valence-corrected chi connectivity index (χ4v) is 7.93. The minimum absolute atomic E-state index is 0.0472. The lowest BCUT2D eigenvalue weighted by molar-refractivity contribution is -0.685. The van der Waals surface area contributed by atoms with Crippen LogP contribution in [0.3, 0.4) is 0 Å². The van der Waals surface area contributed by atoms with Crippen LogP contribution < -0.4 is 15.3 Å². The van der Waals surface area contributed by atoms with E-state index in [1.165, 1.54) is 11.3 Å². The molecule has 0 radical (unpaired) electrons. The first-order valence-electron chi connectivity index (χ1n) is 11.2. The van der Waals surface area contributed by atoms with E-state index >= 15 is 0 Å². The Balaban J connectivity index is 1.59. The van der Waals surface area contributed by atoms with Gasteiger partial charge in [-0.05, 0) is 31.3 Å². The number of pyridine rings is 1. The first kappa shape index (κ1) is 25.1. The summed E-state index contributed by atoms with van der Waals surface area (Å²) in [7, 11) is -3.78. The molecule has 0 aromatic carbocycles. The predicted octanol–water partition coefficient (Wildman–Crippen LogP) is 3.06. The number of anilines is 1. The third-order valence-corrected chi connectivity index (χ3v) is 9.36. The van der Waals surface area contributed by atoms with E-state index in [4.69, 9.17) is 10.2 Å². The van der Waals surface area contributed by atoms with Crippen LogP contribution in [0.25, 0.3) is 10.2 Å². The van der Waals surface area contributed by atoms with Crippen LogP contribution in [0, 0.1) is 0 Å². The fraction of sp³-hybridized carbons (Fsp3) is 0.455. The van der Waals surface area contributed by atoms with Gasteiger partial charge in [0.1, 0.15) is 30.9 Å². The zero-order valence-corrected chi connectivity index (χ0v) is 24.0. The average Bonchev–Trinajstić information content (AvgIpc) is 3.09. The van der Waals surface area contributed by atoms with Crippen LogP contribution in [0.1, 0.15) is 0 Å². The molecule has 2 aliphatic rings. The van der Waals surface area contributed by atoms with Gasteiger partial charge in [0.25, 0.3) is 0 Å². The van der Waals surface area contributed by atoms with Crippen LogP contribution in [0.2, 0.25) is 39.3 Å². The van der Waals surface area contributed by atoms with Crippen molar-refractivity contribution in [2.75, 3.05) is 11.5 Å². The molecular formula is C22H32N5O3S2Si2+. The number of fused-ring (bicyclic) bond motifs is 2. The maximum absolute atomic E-state index is 13.2. The SMILES string of the molecule is C[Si](C)(C)N[C@@H]1C(=O)N2C(C(=O)O[Si](C)(C)C)=C(C=CC[n+]3ccc4sc(N)nc4c3)CS[C@@H]12. The van der Waals surface area contributed by atoms with Gasteiger partial charge in [-0.2, -0.15) is 4.57 Å². The first-order valence-corrected chi connectivity index (χ1v) is 20.0. The molecule has 2 atom stereocenters. The zero-order chi connectivity index (χ0) is 24.8. The minimum atomic E-state index is -2.13. The van der Waals surface area contributed by atoms with Crippen molar-refractivity contribution in [3.63, 3.8) is 0 Å². The van der Waals surface area contributed by atoms with Gasteiger partial charge in [0.15, 0.2) is 24.1 Å². The predicted molar refractivity (Wildman–Crippen MR) is 143 cm³/mol. The number of carbonyl (C=O) groups excluding carboxylic acids is 2. The van der Waals surface area contributed by atoms with Gasteiger partial charge in [-0.25, -0.2) is 9.78 Å². The molecule has 34 heavy (non-hydrogen) atoms. The number of nitrogen functional groups attached to an aromatic ring is 1. The molecule has 3 N–H and O–H groups in total. The second kappa shape index (κ2) is 9.23. The van der Waals surface area contributed by atoms with Crippen molar-refractivity contribution >= 4 is 66.9 Å².